The first kappa shape index (κ1) is 13.6. The van der Waals surface area contributed by atoms with Gasteiger partial charge in [0.2, 0.25) is 0 Å². The monoisotopic (exact) mass is 233 g/mol. The Bertz CT molecular complexity index is 340. The van der Waals surface area contributed by atoms with Gasteiger partial charge in [0.05, 0.1) is 0 Å². The topological polar surface area (TPSA) is 40.5 Å². The number of nitrogens with zero attached hydrogens (tertiary/aromatic N) is 1. The van der Waals surface area contributed by atoms with Crippen LogP contribution in [0.25, 0.3) is 0 Å². The summed E-state index contributed by atoms with van der Waals surface area (Å²) >= 11 is 0. The minimum Gasteiger partial charge on any atom is -0.374 e. The lowest BCUT2D eigenvalue weighted by atomic mass is 10.1. The SMILES string of the molecule is C=C.O=C1CCN(C(O)c2ccccc2)CC1. The molecule has 17 heavy (non-hydrogen) atoms. The largest absolute Gasteiger partial charge is 0.374 e. The molecule has 0 aliphatic carbocycles. The number of rotatable bonds is 2. The highest BCUT2D eigenvalue weighted by molar-refractivity contribution is 5.79. The molecule has 1 aliphatic rings. The van der Waals surface area contributed by atoms with Gasteiger partial charge >= 0.3 is 0 Å². The van der Waals surface area contributed by atoms with Gasteiger partial charge in [0.1, 0.15) is 12.0 Å². The van der Waals surface area contributed by atoms with Gasteiger partial charge in [-0.15, -0.1) is 13.2 Å². The Morgan fingerprint density at radius 3 is 2.18 bits per heavy atom. The van der Waals surface area contributed by atoms with Crippen LogP contribution in [0.5, 0.6) is 0 Å². The third-order valence-corrected chi connectivity index (χ3v) is 2.80. The summed E-state index contributed by atoms with van der Waals surface area (Å²) in [6.07, 6.45) is 0.549. The molecule has 3 heteroatoms. The summed E-state index contributed by atoms with van der Waals surface area (Å²) in [6, 6.07) is 9.56. The van der Waals surface area contributed by atoms with E-state index >= 15 is 0 Å². The Morgan fingerprint density at radius 1 is 1.12 bits per heavy atom. The molecule has 1 fully saturated rings. The van der Waals surface area contributed by atoms with Crippen LogP contribution in [-0.2, 0) is 4.79 Å². The molecule has 92 valence electrons. The van der Waals surface area contributed by atoms with E-state index in [1.54, 1.807) is 0 Å². The van der Waals surface area contributed by atoms with Crippen LogP contribution >= 0.6 is 0 Å². The molecule has 0 bridgehead atoms. The zero-order chi connectivity index (χ0) is 12.7. The lowest BCUT2D eigenvalue weighted by molar-refractivity contribution is -0.124. The van der Waals surface area contributed by atoms with Gasteiger partial charge in [-0.3, -0.25) is 9.69 Å². The molecule has 0 spiro atoms. The first-order chi connectivity index (χ1) is 8.27. The standard InChI is InChI=1S/C12H15NO2.C2H4/c14-11-6-8-13(9-7-11)12(15)10-4-2-1-3-5-10;1-2/h1-5,12,15H,6-9H2;1-2H2. The highest BCUT2D eigenvalue weighted by atomic mass is 16.3. The number of benzene rings is 1. The average molecular weight is 233 g/mol. The lowest BCUT2D eigenvalue weighted by Gasteiger charge is -2.30. The van der Waals surface area contributed by atoms with Gasteiger partial charge in [0, 0.05) is 25.9 Å². The van der Waals surface area contributed by atoms with Crippen molar-refractivity contribution < 1.29 is 9.90 Å². The van der Waals surface area contributed by atoms with Crippen molar-refractivity contribution in [1.29, 1.82) is 0 Å². The van der Waals surface area contributed by atoms with Crippen molar-refractivity contribution in [2.45, 2.75) is 19.1 Å². The van der Waals surface area contributed by atoms with Crippen LogP contribution in [0.4, 0.5) is 0 Å². The summed E-state index contributed by atoms with van der Waals surface area (Å²) in [5.41, 5.74) is 0.895. The van der Waals surface area contributed by atoms with E-state index in [4.69, 9.17) is 0 Å². The number of ketones is 1. The van der Waals surface area contributed by atoms with Crippen molar-refractivity contribution in [1.82, 2.24) is 4.90 Å². The smallest absolute Gasteiger partial charge is 0.135 e. The molecule has 1 aromatic carbocycles. The molecule has 1 atom stereocenters. The molecule has 0 saturated carbocycles. The van der Waals surface area contributed by atoms with E-state index in [-0.39, 0.29) is 0 Å². The maximum absolute atomic E-state index is 11.1. The molecule has 1 N–H and O–H groups in total. The molecule has 1 unspecified atom stereocenters. The number of likely N-dealkylation sites (tertiary alicyclic amines) is 1. The van der Waals surface area contributed by atoms with Crippen molar-refractivity contribution in [3.05, 3.63) is 49.1 Å². The second-order valence-corrected chi connectivity index (χ2v) is 3.86. The van der Waals surface area contributed by atoms with E-state index in [1.807, 2.05) is 35.2 Å². The van der Waals surface area contributed by atoms with Crippen LogP contribution < -0.4 is 0 Å². The van der Waals surface area contributed by atoms with E-state index in [2.05, 4.69) is 13.2 Å². The van der Waals surface area contributed by atoms with Crippen molar-refractivity contribution in [3.63, 3.8) is 0 Å². The van der Waals surface area contributed by atoms with E-state index in [0.29, 0.717) is 31.7 Å². The number of Topliss-reactive ketones (excluding diaryl/α,β-unsaturated/α-hetero) is 1. The zero-order valence-corrected chi connectivity index (χ0v) is 10.0. The number of piperidine rings is 1. The zero-order valence-electron chi connectivity index (χ0n) is 10.0. The summed E-state index contributed by atoms with van der Waals surface area (Å²) in [6.45, 7) is 7.32. The third-order valence-electron chi connectivity index (χ3n) is 2.80. The minimum absolute atomic E-state index is 0.298. The van der Waals surface area contributed by atoms with E-state index in [0.717, 1.165) is 5.56 Å². The predicted molar refractivity (Wildman–Crippen MR) is 68.5 cm³/mol. The summed E-state index contributed by atoms with van der Waals surface area (Å²) in [5.74, 6) is 0.298. The highest BCUT2D eigenvalue weighted by Gasteiger charge is 2.22. The molecule has 1 aromatic rings. The molecular weight excluding hydrogens is 214 g/mol. The van der Waals surface area contributed by atoms with Crippen LogP contribution in [0.2, 0.25) is 0 Å². The second-order valence-electron chi connectivity index (χ2n) is 3.86. The fourth-order valence-corrected chi connectivity index (χ4v) is 1.85. The number of aliphatic hydroxyl groups is 1. The predicted octanol–water partition coefficient (Wildman–Crippen LogP) is 2.14. The van der Waals surface area contributed by atoms with Crippen LogP contribution in [0.3, 0.4) is 0 Å². The Balaban J connectivity index is 0.000000686. The fourth-order valence-electron chi connectivity index (χ4n) is 1.85. The van der Waals surface area contributed by atoms with Crippen LogP contribution in [0.15, 0.2) is 43.5 Å². The number of hydrogen-bond acceptors (Lipinski definition) is 3. The van der Waals surface area contributed by atoms with Gasteiger partial charge < -0.3 is 5.11 Å². The first-order valence-electron chi connectivity index (χ1n) is 5.76. The minimum atomic E-state index is -0.570. The molecule has 1 aliphatic heterocycles. The van der Waals surface area contributed by atoms with E-state index in [9.17, 15) is 9.90 Å². The summed E-state index contributed by atoms with van der Waals surface area (Å²) in [4.78, 5) is 13.0. The Kier molecular flexibility index (Phi) is 5.60. The average Bonchev–Trinajstić information content (AvgIpc) is 2.42. The van der Waals surface area contributed by atoms with Crippen LogP contribution in [-0.4, -0.2) is 28.9 Å². The molecule has 0 radical (unpaired) electrons. The van der Waals surface area contributed by atoms with Crippen molar-refractivity contribution >= 4 is 5.78 Å². The number of carbonyl (C=O) groups is 1. The number of hydrogen-bond donors (Lipinski definition) is 1. The van der Waals surface area contributed by atoms with E-state index in [1.165, 1.54) is 0 Å². The maximum Gasteiger partial charge on any atom is 0.135 e. The Morgan fingerprint density at radius 2 is 1.65 bits per heavy atom. The fraction of sp³-hybridized carbons (Fsp3) is 0.357. The van der Waals surface area contributed by atoms with Crippen molar-refractivity contribution in [2.75, 3.05) is 13.1 Å². The van der Waals surface area contributed by atoms with Gasteiger partial charge in [0.15, 0.2) is 0 Å². The number of aliphatic hydroxyl groups excluding tert-OH is 1. The summed E-state index contributed by atoms with van der Waals surface area (Å²) in [7, 11) is 0. The molecular formula is C14H19NO2. The van der Waals surface area contributed by atoms with Crippen LogP contribution in [0.1, 0.15) is 24.6 Å². The summed E-state index contributed by atoms with van der Waals surface area (Å²) in [5, 5.41) is 10.0. The Hall–Kier alpha value is -1.45. The maximum atomic E-state index is 11.1. The Labute approximate surface area is 102 Å². The van der Waals surface area contributed by atoms with Gasteiger partial charge in [-0.25, -0.2) is 0 Å². The van der Waals surface area contributed by atoms with Gasteiger partial charge in [-0.1, -0.05) is 30.3 Å². The van der Waals surface area contributed by atoms with Crippen molar-refractivity contribution in [3.8, 4) is 0 Å². The van der Waals surface area contributed by atoms with Crippen molar-refractivity contribution in [2.24, 2.45) is 0 Å². The molecule has 1 saturated heterocycles. The molecule has 1 heterocycles. The lowest BCUT2D eigenvalue weighted by Crippen LogP contribution is -2.36. The molecule has 2 rings (SSSR count). The highest BCUT2D eigenvalue weighted by Crippen LogP contribution is 2.20. The first-order valence-corrected chi connectivity index (χ1v) is 5.76. The summed E-state index contributed by atoms with van der Waals surface area (Å²) < 4.78 is 0. The quantitative estimate of drug-likeness (QED) is 0.796. The molecule has 0 amide bonds. The number of carbonyl (C=O) groups excluding carboxylic acids is 1. The second kappa shape index (κ2) is 6.99. The van der Waals surface area contributed by atoms with Gasteiger partial charge in [-0.05, 0) is 5.56 Å². The third kappa shape index (κ3) is 3.80. The van der Waals surface area contributed by atoms with Gasteiger partial charge in [0.25, 0.3) is 0 Å². The molecule has 3 nitrogen and oxygen atoms in total. The normalized spacial score (nSPS) is 18.1. The van der Waals surface area contributed by atoms with Gasteiger partial charge in [-0.2, -0.15) is 0 Å². The van der Waals surface area contributed by atoms with Crippen LogP contribution in [0, 0.1) is 0 Å². The van der Waals surface area contributed by atoms with E-state index < -0.39 is 6.23 Å². The molecule has 0 aromatic heterocycles.